The fraction of sp³-hybridized carbons (Fsp3) is 0.238. The Kier molecular flexibility index (Phi) is 3.75. The minimum absolute atomic E-state index is 0.296. The Labute approximate surface area is 150 Å². The molecule has 1 aliphatic rings. The molecule has 0 radical (unpaired) electrons. The van der Waals surface area contributed by atoms with Crippen molar-refractivity contribution in [3.05, 3.63) is 59.8 Å². The lowest BCUT2D eigenvalue weighted by atomic mass is 9.97. The lowest BCUT2D eigenvalue weighted by Gasteiger charge is -2.10. The molecule has 1 unspecified atom stereocenters. The predicted octanol–water partition coefficient (Wildman–Crippen LogP) is 5.11. The molecule has 26 heavy (non-hydrogen) atoms. The molecule has 1 fully saturated rings. The van der Waals surface area contributed by atoms with Crippen molar-refractivity contribution in [1.82, 2.24) is 4.98 Å². The molecule has 132 valence electrons. The lowest BCUT2D eigenvalue weighted by molar-refractivity contribution is -0.119. The molecule has 3 aromatic rings. The highest BCUT2D eigenvalue weighted by Crippen LogP contribution is 2.49. The van der Waals surface area contributed by atoms with Crippen LogP contribution < -0.4 is 5.32 Å². The van der Waals surface area contributed by atoms with Crippen LogP contribution in [0.1, 0.15) is 17.5 Å². The average Bonchev–Trinajstić information content (AvgIpc) is 3.25. The van der Waals surface area contributed by atoms with E-state index in [0.717, 1.165) is 16.3 Å². The molecule has 3 nitrogen and oxygen atoms in total. The van der Waals surface area contributed by atoms with Crippen LogP contribution in [0, 0.1) is 19.8 Å². The van der Waals surface area contributed by atoms with Crippen molar-refractivity contribution in [2.45, 2.75) is 26.2 Å². The molecule has 1 saturated carbocycles. The predicted molar refractivity (Wildman–Crippen MR) is 98.3 cm³/mol. The van der Waals surface area contributed by atoms with Crippen molar-refractivity contribution >= 4 is 22.5 Å². The molecule has 2 aromatic carbocycles. The Balaban J connectivity index is 1.62. The molecule has 1 amide bonds. The number of anilines is 1. The monoisotopic (exact) mass is 352 g/mol. The fourth-order valence-corrected chi connectivity index (χ4v) is 3.14. The number of aryl methyl sites for hydroxylation is 2. The molecule has 4 rings (SSSR count). The summed E-state index contributed by atoms with van der Waals surface area (Å²) in [5.41, 5.74) is 4.64. The maximum absolute atomic E-state index is 13.0. The standard InChI is InChI=1S/C21H18F2N2O/c1-12-3-4-13(2)17(7-12)15-6-5-14-9-19(24-11-16(14)8-15)25-20(26)18-10-21(18,22)23/h3-9,11,18H,10H2,1-2H3,(H,24,25,26). The van der Waals surface area contributed by atoms with Gasteiger partial charge < -0.3 is 5.32 Å². The summed E-state index contributed by atoms with van der Waals surface area (Å²) in [6.45, 7) is 4.13. The van der Waals surface area contributed by atoms with Crippen LogP contribution in [0.3, 0.4) is 0 Å². The van der Waals surface area contributed by atoms with Crippen LogP contribution in [0.4, 0.5) is 14.6 Å². The van der Waals surface area contributed by atoms with E-state index < -0.39 is 17.7 Å². The van der Waals surface area contributed by atoms with Crippen LogP contribution in [0.2, 0.25) is 0 Å². The van der Waals surface area contributed by atoms with E-state index in [1.54, 1.807) is 12.3 Å². The van der Waals surface area contributed by atoms with E-state index in [0.29, 0.717) is 5.82 Å². The van der Waals surface area contributed by atoms with E-state index in [2.05, 4.69) is 42.3 Å². The SMILES string of the molecule is Cc1ccc(C)c(-c2ccc3cc(NC(=O)C4CC4(F)F)ncc3c2)c1. The zero-order valence-electron chi connectivity index (χ0n) is 14.5. The lowest BCUT2D eigenvalue weighted by Crippen LogP contribution is -2.18. The molecule has 5 heteroatoms. The van der Waals surface area contributed by atoms with Crippen LogP contribution in [-0.4, -0.2) is 16.8 Å². The average molecular weight is 352 g/mol. The second-order valence-corrected chi connectivity index (χ2v) is 6.96. The first-order chi connectivity index (χ1) is 12.3. The minimum Gasteiger partial charge on any atom is -0.310 e. The summed E-state index contributed by atoms with van der Waals surface area (Å²) >= 11 is 0. The molecule has 0 bridgehead atoms. The van der Waals surface area contributed by atoms with E-state index in [1.165, 1.54) is 16.7 Å². The molecule has 1 atom stereocenters. The summed E-state index contributed by atoms with van der Waals surface area (Å²) in [7, 11) is 0. The van der Waals surface area contributed by atoms with Crippen LogP contribution in [0.15, 0.2) is 48.7 Å². The van der Waals surface area contributed by atoms with Gasteiger partial charge in [0.05, 0.1) is 0 Å². The first kappa shape index (κ1) is 16.6. The van der Waals surface area contributed by atoms with Crippen molar-refractivity contribution in [3.63, 3.8) is 0 Å². The number of pyridine rings is 1. The van der Waals surface area contributed by atoms with Crippen LogP contribution in [0.5, 0.6) is 0 Å². The number of carbonyl (C=O) groups is 1. The molecule has 1 N–H and O–H groups in total. The summed E-state index contributed by atoms with van der Waals surface area (Å²) in [5.74, 6) is -4.48. The molecule has 1 aliphatic carbocycles. The number of hydrogen-bond acceptors (Lipinski definition) is 2. The zero-order valence-corrected chi connectivity index (χ0v) is 14.5. The molecule has 1 aromatic heterocycles. The number of nitrogens with zero attached hydrogens (tertiary/aromatic N) is 1. The number of halogens is 2. The van der Waals surface area contributed by atoms with Gasteiger partial charge in [-0.3, -0.25) is 4.79 Å². The Hall–Kier alpha value is -2.82. The third-order valence-corrected chi connectivity index (χ3v) is 4.82. The smallest absolute Gasteiger partial charge is 0.260 e. The number of carbonyl (C=O) groups excluding carboxylic acids is 1. The summed E-state index contributed by atoms with van der Waals surface area (Å²) in [6, 6.07) is 14.1. The first-order valence-electron chi connectivity index (χ1n) is 8.50. The molecular weight excluding hydrogens is 334 g/mol. The summed E-state index contributed by atoms with van der Waals surface area (Å²) < 4.78 is 26.0. The van der Waals surface area contributed by atoms with Gasteiger partial charge in [-0.15, -0.1) is 0 Å². The van der Waals surface area contributed by atoms with Gasteiger partial charge in [-0.2, -0.15) is 0 Å². The molecule has 1 heterocycles. The summed E-state index contributed by atoms with van der Waals surface area (Å²) in [4.78, 5) is 16.0. The normalized spacial score (nSPS) is 17.9. The van der Waals surface area contributed by atoms with Crippen molar-refractivity contribution in [2.24, 2.45) is 5.92 Å². The Morgan fingerprint density at radius 2 is 1.88 bits per heavy atom. The van der Waals surface area contributed by atoms with Gasteiger partial charge in [0.1, 0.15) is 11.7 Å². The van der Waals surface area contributed by atoms with Crippen molar-refractivity contribution in [2.75, 3.05) is 5.32 Å². The molecule has 0 saturated heterocycles. The number of hydrogen-bond donors (Lipinski definition) is 1. The second-order valence-electron chi connectivity index (χ2n) is 6.96. The fourth-order valence-electron chi connectivity index (χ4n) is 3.14. The van der Waals surface area contributed by atoms with Gasteiger partial charge >= 0.3 is 0 Å². The highest BCUT2D eigenvalue weighted by atomic mass is 19.3. The molecule has 0 spiro atoms. The third-order valence-electron chi connectivity index (χ3n) is 4.82. The van der Waals surface area contributed by atoms with Gasteiger partial charge in [0.2, 0.25) is 5.91 Å². The summed E-state index contributed by atoms with van der Waals surface area (Å²) in [6.07, 6.45) is 1.27. The maximum atomic E-state index is 13.0. The highest BCUT2D eigenvalue weighted by Gasteiger charge is 2.61. The van der Waals surface area contributed by atoms with E-state index in [4.69, 9.17) is 0 Å². The number of aromatic nitrogens is 1. The Morgan fingerprint density at radius 1 is 1.12 bits per heavy atom. The van der Waals surface area contributed by atoms with Gasteiger partial charge in [0.15, 0.2) is 0 Å². The second kappa shape index (κ2) is 5.87. The van der Waals surface area contributed by atoms with E-state index in [9.17, 15) is 13.6 Å². The van der Waals surface area contributed by atoms with Crippen molar-refractivity contribution < 1.29 is 13.6 Å². The van der Waals surface area contributed by atoms with Crippen LogP contribution >= 0.6 is 0 Å². The van der Waals surface area contributed by atoms with Gasteiger partial charge in [-0.1, -0.05) is 35.9 Å². The number of amides is 1. The first-order valence-corrected chi connectivity index (χ1v) is 8.50. The zero-order chi connectivity index (χ0) is 18.5. The van der Waals surface area contributed by atoms with Gasteiger partial charge in [-0.05, 0) is 48.1 Å². The minimum atomic E-state index is -2.87. The molecule has 0 aliphatic heterocycles. The number of alkyl halides is 2. The topological polar surface area (TPSA) is 42.0 Å². The highest BCUT2D eigenvalue weighted by molar-refractivity contribution is 5.96. The largest absolute Gasteiger partial charge is 0.310 e. The van der Waals surface area contributed by atoms with Crippen LogP contribution in [-0.2, 0) is 4.79 Å². The van der Waals surface area contributed by atoms with Gasteiger partial charge in [-0.25, -0.2) is 13.8 Å². The van der Waals surface area contributed by atoms with Crippen LogP contribution in [0.25, 0.3) is 21.9 Å². The van der Waals surface area contributed by atoms with E-state index in [1.807, 2.05) is 18.2 Å². The summed E-state index contributed by atoms with van der Waals surface area (Å²) in [5, 5.41) is 4.31. The number of rotatable bonds is 3. The number of benzene rings is 2. The Morgan fingerprint density at radius 3 is 2.62 bits per heavy atom. The van der Waals surface area contributed by atoms with E-state index in [-0.39, 0.29) is 6.42 Å². The number of nitrogens with one attached hydrogen (secondary N) is 1. The quantitative estimate of drug-likeness (QED) is 0.711. The molecular formula is C21H18F2N2O. The van der Waals surface area contributed by atoms with Crippen molar-refractivity contribution in [1.29, 1.82) is 0 Å². The third kappa shape index (κ3) is 3.05. The van der Waals surface area contributed by atoms with Crippen molar-refractivity contribution in [3.8, 4) is 11.1 Å². The van der Waals surface area contributed by atoms with Gasteiger partial charge in [0.25, 0.3) is 5.92 Å². The van der Waals surface area contributed by atoms with Gasteiger partial charge in [0, 0.05) is 18.0 Å². The number of fused-ring (bicyclic) bond motifs is 1. The Bertz CT molecular complexity index is 1030. The van der Waals surface area contributed by atoms with E-state index >= 15 is 0 Å². The maximum Gasteiger partial charge on any atom is 0.260 e.